The largest absolute Gasteiger partial charge is 0.310 e. The van der Waals surface area contributed by atoms with Crippen LogP contribution in [0.2, 0.25) is 0 Å². The van der Waals surface area contributed by atoms with Gasteiger partial charge in [-0.1, -0.05) is 37.3 Å². The van der Waals surface area contributed by atoms with Gasteiger partial charge in [0.2, 0.25) is 0 Å². The van der Waals surface area contributed by atoms with E-state index in [-0.39, 0.29) is 0 Å². The van der Waals surface area contributed by atoms with Crippen molar-refractivity contribution in [3.8, 4) is 0 Å². The zero-order valence-corrected chi connectivity index (χ0v) is 12.4. The van der Waals surface area contributed by atoms with Gasteiger partial charge in [-0.15, -0.1) is 0 Å². The molecule has 0 radical (unpaired) electrons. The van der Waals surface area contributed by atoms with Crippen LogP contribution >= 0.6 is 11.3 Å². The highest BCUT2D eigenvalue weighted by Crippen LogP contribution is 2.54. The maximum absolute atomic E-state index is 3.69. The fourth-order valence-corrected chi connectivity index (χ4v) is 3.95. The Morgan fingerprint density at radius 3 is 2.68 bits per heavy atom. The normalized spacial score (nSPS) is 23.3. The molecule has 1 aromatic carbocycles. The number of benzene rings is 1. The van der Waals surface area contributed by atoms with Gasteiger partial charge < -0.3 is 5.32 Å². The summed E-state index contributed by atoms with van der Waals surface area (Å²) in [6.07, 6.45) is 1.32. The highest BCUT2D eigenvalue weighted by atomic mass is 32.1. The quantitative estimate of drug-likeness (QED) is 0.843. The molecule has 19 heavy (non-hydrogen) atoms. The molecule has 1 saturated carbocycles. The average Bonchev–Trinajstić information content (AvgIpc) is 3.12. The summed E-state index contributed by atoms with van der Waals surface area (Å²) in [5.74, 6) is 1.50. The number of hydrogen-bond acceptors (Lipinski definition) is 2. The molecule has 1 aliphatic carbocycles. The smallest absolute Gasteiger partial charge is 0.0365 e. The van der Waals surface area contributed by atoms with Crippen LogP contribution in [0.15, 0.2) is 41.1 Å². The van der Waals surface area contributed by atoms with E-state index in [1.165, 1.54) is 23.1 Å². The highest BCUT2D eigenvalue weighted by Gasteiger charge is 2.44. The number of thiophene rings is 1. The van der Waals surface area contributed by atoms with Crippen molar-refractivity contribution in [1.29, 1.82) is 0 Å². The zero-order chi connectivity index (χ0) is 13.2. The first-order valence-corrected chi connectivity index (χ1v) is 8.06. The number of aryl methyl sites for hydroxylation is 1. The van der Waals surface area contributed by atoms with Crippen LogP contribution in [0.5, 0.6) is 0 Å². The fraction of sp³-hybridized carbons (Fsp3) is 0.412. The van der Waals surface area contributed by atoms with Crippen LogP contribution in [-0.4, -0.2) is 6.54 Å². The third kappa shape index (κ3) is 2.60. The molecule has 0 bridgehead atoms. The van der Waals surface area contributed by atoms with E-state index in [0.29, 0.717) is 6.04 Å². The summed E-state index contributed by atoms with van der Waals surface area (Å²) in [7, 11) is 0. The van der Waals surface area contributed by atoms with Crippen LogP contribution in [0.1, 0.15) is 42.0 Å². The lowest BCUT2D eigenvalue weighted by atomic mass is 9.98. The predicted octanol–water partition coefficient (Wildman–Crippen LogP) is 4.51. The van der Waals surface area contributed by atoms with E-state index in [2.05, 4.69) is 60.3 Å². The van der Waals surface area contributed by atoms with Gasteiger partial charge in [-0.05, 0) is 59.2 Å². The minimum Gasteiger partial charge on any atom is -0.310 e. The molecule has 0 spiro atoms. The second-order valence-corrected chi connectivity index (χ2v) is 6.21. The van der Waals surface area contributed by atoms with E-state index >= 15 is 0 Å². The van der Waals surface area contributed by atoms with E-state index in [4.69, 9.17) is 0 Å². The lowest BCUT2D eigenvalue weighted by Crippen LogP contribution is -2.23. The monoisotopic (exact) mass is 271 g/mol. The van der Waals surface area contributed by atoms with Crippen molar-refractivity contribution in [2.24, 2.45) is 5.92 Å². The van der Waals surface area contributed by atoms with Crippen molar-refractivity contribution < 1.29 is 0 Å². The van der Waals surface area contributed by atoms with Gasteiger partial charge in [-0.3, -0.25) is 0 Å². The van der Waals surface area contributed by atoms with Crippen LogP contribution in [0.25, 0.3) is 0 Å². The van der Waals surface area contributed by atoms with Gasteiger partial charge in [-0.25, -0.2) is 0 Å². The molecule has 1 fully saturated rings. The summed E-state index contributed by atoms with van der Waals surface area (Å²) >= 11 is 1.82. The zero-order valence-electron chi connectivity index (χ0n) is 11.6. The molecule has 1 aliphatic rings. The molecule has 3 unspecified atom stereocenters. The van der Waals surface area contributed by atoms with E-state index in [9.17, 15) is 0 Å². The average molecular weight is 271 g/mol. The van der Waals surface area contributed by atoms with Crippen molar-refractivity contribution in [3.05, 3.63) is 57.8 Å². The second-order valence-electron chi connectivity index (χ2n) is 5.46. The Hall–Kier alpha value is -1.12. The summed E-state index contributed by atoms with van der Waals surface area (Å²) in [4.78, 5) is 0. The Morgan fingerprint density at radius 1 is 1.26 bits per heavy atom. The molecule has 0 aliphatic heterocycles. The summed E-state index contributed by atoms with van der Waals surface area (Å²) < 4.78 is 0. The lowest BCUT2D eigenvalue weighted by molar-refractivity contribution is 0.486. The molecule has 0 saturated heterocycles. The standard InChI is InChI=1S/C17H21NS/c1-3-18-17(16-11-19-10-12(16)2)15-9-14(15)13-7-5-4-6-8-13/h4-8,10-11,14-15,17-18H,3,9H2,1-2H3. The van der Waals surface area contributed by atoms with Gasteiger partial charge in [0.25, 0.3) is 0 Å². The van der Waals surface area contributed by atoms with Gasteiger partial charge in [0.1, 0.15) is 0 Å². The second kappa shape index (κ2) is 5.48. The van der Waals surface area contributed by atoms with Crippen molar-refractivity contribution in [3.63, 3.8) is 0 Å². The molecule has 1 aromatic heterocycles. The van der Waals surface area contributed by atoms with Gasteiger partial charge in [-0.2, -0.15) is 11.3 Å². The molecule has 3 rings (SSSR count). The third-order valence-corrected chi connectivity index (χ3v) is 5.03. The molecule has 3 atom stereocenters. The Kier molecular flexibility index (Phi) is 3.72. The maximum Gasteiger partial charge on any atom is 0.0365 e. The molecular weight excluding hydrogens is 250 g/mol. The third-order valence-electron chi connectivity index (χ3n) is 4.15. The topological polar surface area (TPSA) is 12.0 Å². The van der Waals surface area contributed by atoms with Crippen LogP contribution in [0.3, 0.4) is 0 Å². The van der Waals surface area contributed by atoms with E-state index < -0.39 is 0 Å². The minimum atomic E-state index is 0.529. The molecule has 2 aromatic rings. The number of nitrogens with one attached hydrogen (secondary N) is 1. The predicted molar refractivity (Wildman–Crippen MR) is 82.8 cm³/mol. The number of hydrogen-bond donors (Lipinski definition) is 1. The van der Waals surface area contributed by atoms with Crippen molar-refractivity contribution in [1.82, 2.24) is 5.32 Å². The Bertz CT molecular complexity index is 531. The molecule has 1 heterocycles. The van der Waals surface area contributed by atoms with Crippen LogP contribution in [0.4, 0.5) is 0 Å². The Morgan fingerprint density at radius 2 is 2.05 bits per heavy atom. The van der Waals surface area contributed by atoms with E-state index in [1.807, 2.05) is 11.3 Å². The Labute approximate surface area is 119 Å². The van der Waals surface area contributed by atoms with Crippen LogP contribution < -0.4 is 5.32 Å². The van der Waals surface area contributed by atoms with Gasteiger partial charge >= 0.3 is 0 Å². The van der Waals surface area contributed by atoms with Gasteiger partial charge in [0.05, 0.1) is 0 Å². The minimum absolute atomic E-state index is 0.529. The van der Waals surface area contributed by atoms with Gasteiger partial charge in [0.15, 0.2) is 0 Å². The molecule has 2 heteroatoms. The molecule has 1 N–H and O–H groups in total. The summed E-state index contributed by atoms with van der Waals surface area (Å²) in [5, 5.41) is 8.28. The first-order valence-electron chi connectivity index (χ1n) is 7.12. The molecule has 1 nitrogen and oxygen atoms in total. The van der Waals surface area contributed by atoms with E-state index in [1.54, 1.807) is 0 Å². The van der Waals surface area contributed by atoms with Crippen LogP contribution in [0, 0.1) is 12.8 Å². The molecular formula is C17H21NS. The van der Waals surface area contributed by atoms with Gasteiger partial charge in [0, 0.05) is 6.04 Å². The van der Waals surface area contributed by atoms with Crippen molar-refractivity contribution in [2.45, 2.75) is 32.2 Å². The SMILES string of the molecule is CCNC(c1cscc1C)C1CC1c1ccccc1. The fourth-order valence-electron chi connectivity index (χ4n) is 3.07. The first kappa shape index (κ1) is 12.9. The summed E-state index contributed by atoms with van der Waals surface area (Å²) in [6.45, 7) is 5.47. The highest BCUT2D eigenvalue weighted by molar-refractivity contribution is 7.08. The van der Waals surface area contributed by atoms with Crippen LogP contribution in [-0.2, 0) is 0 Å². The van der Waals surface area contributed by atoms with Crippen molar-refractivity contribution >= 4 is 11.3 Å². The first-order chi connectivity index (χ1) is 9.31. The van der Waals surface area contributed by atoms with Crippen molar-refractivity contribution in [2.75, 3.05) is 6.54 Å². The Balaban J connectivity index is 1.79. The summed E-state index contributed by atoms with van der Waals surface area (Å²) in [5.41, 5.74) is 4.45. The maximum atomic E-state index is 3.69. The summed E-state index contributed by atoms with van der Waals surface area (Å²) in [6, 6.07) is 11.5. The lowest BCUT2D eigenvalue weighted by Gasteiger charge is -2.18. The van der Waals surface area contributed by atoms with E-state index in [0.717, 1.165) is 18.4 Å². The number of rotatable bonds is 5. The molecule has 100 valence electrons. The molecule has 0 amide bonds.